The number of para-hydroxylation sites is 1. The minimum atomic E-state index is -1.25. The van der Waals surface area contributed by atoms with Crippen molar-refractivity contribution in [3.05, 3.63) is 36.0 Å². The van der Waals surface area contributed by atoms with Crippen LogP contribution in [-0.4, -0.2) is 47.2 Å². The zero-order valence-electron chi connectivity index (χ0n) is 17.7. The van der Waals surface area contributed by atoms with Crippen molar-refractivity contribution in [3.8, 4) is 0 Å². The summed E-state index contributed by atoms with van der Waals surface area (Å²) in [5.41, 5.74) is -0.182. The van der Waals surface area contributed by atoms with Crippen molar-refractivity contribution in [1.29, 1.82) is 0 Å². The van der Waals surface area contributed by atoms with E-state index in [9.17, 15) is 14.4 Å². The number of methoxy groups -OCH3 is 1. The van der Waals surface area contributed by atoms with Crippen LogP contribution >= 0.6 is 0 Å². The van der Waals surface area contributed by atoms with E-state index in [2.05, 4.69) is 15.6 Å². The number of esters is 1. The lowest BCUT2D eigenvalue weighted by Crippen LogP contribution is -2.57. The van der Waals surface area contributed by atoms with Gasteiger partial charge in [0.05, 0.1) is 7.11 Å². The number of aromatic nitrogens is 1. The van der Waals surface area contributed by atoms with Gasteiger partial charge in [0.1, 0.15) is 17.2 Å². The van der Waals surface area contributed by atoms with E-state index in [1.165, 1.54) is 21.0 Å². The van der Waals surface area contributed by atoms with Crippen molar-refractivity contribution >= 4 is 28.9 Å². The maximum Gasteiger partial charge on any atom is 0.408 e. The number of rotatable bonds is 6. The highest BCUT2D eigenvalue weighted by atomic mass is 16.6. The molecule has 0 bridgehead atoms. The summed E-state index contributed by atoms with van der Waals surface area (Å²) in [6, 6.07) is 6.71. The highest BCUT2D eigenvalue weighted by Gasteiger charge is 2.34. The van der Waals surface area contributed by atoms with Crippen molar-refractivity contribution in [1.82, 2.24) is 15.6 Å². The van der Waals surface area contributed by atoms with E-state index in [1.807, 2.05) is 24.3 Å². The molecule has 0 saturated carbocycles. The summed E-state index contributed by atoms with van der Waals surface area (Å²) < 4.78 is 10.0. The first-order valence-corrected chi connectivity index (χ1v) is 9.38. The van der Waals surface area contributed by atoms with E-state index in [4.69, 9.17) is 9.47 Å². The minimum absolute atomic E-state index is 0.215. The topological polar surface area (TPSA) is 110 Å². The van der Waals surface area contributed by atoms with Gasteiger partial charge in [-0.3, -0.25) is 4.79 Å². The molecule has 3 N–H and O–H groups in total. The number of amides is 2. The Morgan fingerprint density at radius 3 is 2.38 bits per heavy atom. The van der Waals surface area contributed by atoms with Gasteiger partial charge in [-0.2, -0.15) is 0 Å². The van der Waals surface area contributed by atoms with Crippen molar-refractivity contribution < 1.29 is 23.9 Å². The van der Waals surface area contributed by atoms with E-state index in [-0.39, 0.29) is 6.42 Å². The first-order chi connectivity index (χ1) is 13.4. The predicted octanol–water partition coefficient (Wildman–Crippen LogP) is 2.67. The number of benzene rings is 1. The van der Waals surface area contributed by atoms with Gasteiger partial charge in [0, 0.05) is 23.5 Å². The molecule has 0 fully saturated rings. The van der Waals surface area contributed by atoms with Crippen LogP contribution in [0.5, 0.6) is 0 Å². The molecule has 0 aliphatic rings. The Morgan fingerprint density at radius 1 is 1.10 bits per heavy atom. The molecule has 0 aliphatic carbocycles. The minimum Gasteiger partial charge on any atom is -0.467 e. The first kappa shape index (κ1) is 22.3. The number of hydrogen-bond acceptors (Lipinski definition) is 5. The van der Waals surface area contributed by atoms with Crippen LogP contribution in [-0.2, 0) is 25.5 Å². The average Bonchev–Trinajstić information content (AvgIpc) is 3.01. The second kappa shape index (κ2) is 8.55. The van der Waals surface area contributed by atoms with Crippen LogP contribution in [0.1, 0.15) is 40.2 Å². The van der Waals surface area contributed by atoms with E-state index in [0.29, 0.717) is 0 Å². The van der Waals surface area contributed by atoms with Gasteiger partial charge in [0.25, 0.3) is 0 Å². The molecular weight excluding hydrogens is 374 g/mol. The summed E-state index contributed by atoms with van der Waals surface area (Å²) in [6.45, 7) is 8.28. The number of carbonyl (C=O) groups is 3. The molecule has 1 aromatic carbocycles. The van der Waals surface area contributed by atoms with Gasteiger partial charge >= 0.3 is 12.1 Å². The second-order valence-electron chi connectivity index (χ2n) is 8.37. The smallest absolute Gasteiger partial charge is 0.408 e. The molecule has 2 aromatic rings. The molecular formula is C21H29N3O5. The Hall–Kier alpha value is -3.03. The zero-order chi connectivity index (χ0) is 21.8. The summed E-state index contributed by atoms with van der Waals surface area (Å²) in [5.74, 6) is -1.11. The van der Waals surface area contributed by atoms with Gasteiger partial charge in [-0.05, 0) is 46.2 Å². The van der Waals surface area contributed by atoms with Gasteiger partial charge < -0.3 is 25.1 Å². The van der Waals surface area contributed by atoms with Gasteiger partial charge in [-0.15, -0.1) is 0 Å². The summed E-state index contributed by atoms with van der Waals surface area (Å²) in [6.07, 6.45) is 1.30. The SMILES string of the molecule is COC(=O)C(C)(C)NC(=O)C(Cc1c[nH]c2ccccc12)NC(=O)OC(C)(C)C. The van der Waals surface area contributed by atoms with Crippen LogP contribution in [0.2, 0.25) is 0 Å². The summed E-state index contributed by atoms with van der Waals surface area (Å²) >= 11 is 0. The predicted molar refractivity (Wildman–Crippen MR) is 109 cm³/mol. The summed E-state index contributed by atoms with van der Waals surface area (Å²) in [4.78, 5) is 40.3. The molecule has 0 spiro atoms. The number of H-pyrrole nitrogens is 1. The third-order valence-electron chi connectivity index (χ3n) is 4.24. The van der Waals surface area contributed by atoms with Crippen LogP contribution in [0.25, 0.3) is 10.9 Å². The highest BCUT2D eigenvalue weighted by Crippen LogP contribution is 2.20. The molecule has 0 saturated heterocycles. The lowest BCUT2D eigenvalue weighted by atomic mass is 10.0. The number of carbonyl (C=O) groups excluding carboxylic acids is 3. The molecule has 1 unspecified atom stereocenters. The molecule has 8 nitrogen and oxygen atoms in total. The van der Waals surface area contributed by atoms with Gasteiger partial charge in [-0.1, -0.05) is 18.2 Å². The molecule has 1 heterocycles. The Bertz CT molecular complexity index is 895. The molecule has 0 aliphatic heterocycles. The molecule has 158 valence electrons. The monoisotopic (exact) mass is 403 g/mol. The molecule has 0 radical (unpaired) electrons. The van der Waals surface area contributed by atoms with Crippen LogP contribution in [0.3, 0.4) is 0 Å². The van der Waals surface area contributed by atoms with E-state index < -0.39 is 35.2 Å². The lowest BCUT2D eigenvalue weighted by Gasteiger charge is -2.27. The Labute approximate surface area is 170 Å². The standard InChI is InChI=1S/C21H29N3O5/c1-20(2,3)29-19(27)23-16(17(25)24-21(4,5)18(26)28-6)11-13-12-22-15-10-8-7-9-14(13)15/h7-10,12,16,22H,11H2,1-6H3,(H,23,27)(H,24,25). The largest absolute Gasteiger partial charge is 0.467 e. The maximum atomic E-state index is 12.9. The van der Waals surface area contributed by atoms with Crippen molar-refractivity contribution in [2.75, 3.05) is 7.11 Å². The van der Waals surface area contributed by atoms with E-state index in [0.717, 1.165) is 16.5 Å². The van der Waals surface area contributed by atoms with Crippen molar-refractivity contribution in [3.63, 3.8) is 0 Å². The van der Waals surface area contributed by atoms with Crippen LogP contribution in [0.15, 0.2) is 30.5 Å². The normalized spacial score (nSPS) is 12.9. The first-order valence-electron chi connectivity index (χ1n) is 9.38. The zero-order valence-corrected chi connectivity index (χ0v) is 17.7. The van der Waals surface area contributed by atoms with E-state index >= 15 is 0 Å². The van der Waals surface area contributed by atoms with Crippen LogP contribution < -0.4 is 10.6 Å². The average molecular weight is 403 g/mol. The van der Waals surface area contributed by atoms with Crippen LogP contribution in [0, 0.1) is 0 Å². The third-order valence-corrected chi connectivity index (χ3v) is 4.24. The van der Waals surface area contributed by atoms with Gasteiger partial charge in [-0.25, -0.2) is 9.59 Å². The van der Waals surface area contributed by atoms with Crippen molar-refractivity contribution in [2.24, 2.45) is 0 Å². The highest BCUT2D eigenvalue weighted by molar-refractivity contribution is 5.92. The summed E-state index contributed by atoms with van der Waals surface area (Å²) in [5, 5.41) is 6.21. The maximum absolute atomic E-state index is 12.9. The molecule has 29 heavy (non-hydrogen) atoms. The fraction of sp³-hybridized carbons (Fsp3) is 0.476. The fourth-order valence-electron chi connectivity index (χ4n) is 2.88. The van der Waals surface area contributed by atoms with Gasteiger partial charge in [0.2, 0.25) is 5.91 Å². The van der Waals surface area contributed by atoms with Gasteiger partial charge in [0.15, 0.2) is 0 Å². The summed E-state index contributed by atoms with van der Waals surface area (Å²) in [7, 11) is 1.25. The Kier molecular flexibility index (Phi) is 6.56. The number of nitrogens with one attached hydrogen (secondary N) is 3. The second-order valence-corrected chi connectivity index (χ2v) is 8.37. The quantitative estimate of drug-likeness (QED) is 0.643. The number of ether oxygens (including phenoxy) is 2. The fourth-order valence-corrected chi connectivity index (χ4v) is 2.88. The van der Waals surface area contributed by atoms with Crippen molar-refractivity contribution in [2.45, 2.75) is 58.2 Å². The molecule has 1 atom stereocenters. The molecule has 1 aromatic heterocycles. The van der Waals surface area contributed by atoms with Crippen LogP contribution in [0.4, 0.5) is 4.79 Å². The number of alkyl carbamates (subject to hydrolysis) is 1. The Balaban J connectivity index is 2.26. The lowest BCUT2D eigenvalue weighted by molar-refractivity contribution is -0.149. The molecule has 2 amide bonds. The Morgan fingerprint density at radius 2 is 1.76 bits per heavy atom. The molecule has 8 heteroatoms. The molecule has 2 rings (SSSR count). The number of fused-ring (bicyclic) bond motifs is 1. The number of aromatic amines is 1. The number of hydrogen-bond donors (Lipinski definition) is 3. The third kappa shape index (κ3) is 5.97. The van der Waals surface area contributed by atoms with E-state index in [1.54, 1.807) is 27.0 Å².